The third-order valence-corrected chi connectivity index (χ3v) is 5.62. The van der Waals surface area contributed by atoms with Gasteiger partial charge in [0.15, 0.2) is 0 Å². The van der Waals surface area contributed by atoms with Crippen molar-refractivity contribution in [2.75, 3.05) is 11.9 Å². The molecule has 0 saturated heterocycles. The second-order valence-electron chi connectivity index (χ2n) is 8.02. The van der Waals surface area contributed by atoms with Crippen LogP contribution in [0.3, 0.4) is 0 Å². The van der Waals surface area contributed by atoms with Crippen molar-refractivity contribution in [3.8, 4) is 0 Å². The van der Waals surface area contributed by atoms with Crippen LogP contribution in [-0.4, -0.2) is 34.3 Å². The van der Waals surface area contributed by atoms with E-state index in [0.717, 1.165) is 11.3 Å². The van der Waals surface area contributed by atoms with Crippen LogP contribution in [0.2, 0.25) is 10.0 Å². The monoisotopic (exact) mass is 487 g/mol. The van der Waals surface area contributed by atoms with E-state index in [-0.39, 0.29) is 18.5 Å². The van der Waals surface area contributed by atoms with Gasteiger partial charge < -0.3 is 19.5 Å². The molecule has 0 radical (unpaired) electrons. The molecule has 0 spiro atoms. The number of nitrogens with zero attached hydrogens (tertiary/aromatic N) is 2. The van der Waals surface area contributed by atoms with Crippen LogP contribution < -0.4 is 5.32 Å². The van der Waals surface area contributed by atoms with Crippen LogP contribution in [0.5, 0.6) is 0 Å². The van der Waals surface area contributed by atoms with Gasteiger partial charge in [-0.05, 0) is 56.7 Å². The first-order valence-corrected chi connectivity index (χ1v) is 11.4. The van der Waals surface area contributed by atoms with Gasteiger partial charge in [0.25, 0.3) is 0 Å². The third kappa shape index (κ3) is 7.01. The van der Waals surface area contributed by atoms with Gasteiger partial charge in [0.05, 0.1) is 17.3 Å². The minimum absolute atomic E-state index is 0.0960. The van der Waals surface area contributed by atoms with E-state index in [9.17, 15) is 9.59 Å². The predicted octanol–water partition coefficient (Wildman–Crippen LogP) is 6.37. The summed E-state index contributed by atoms with van der Waals surface area (Å²) in [4.78, 5) is 29.5. The molecule has 3 rings (SSSR count). The zero-order valence-corrected chi connectivity index (χ0v) is 20.4. The van der Waals surface area contributed by atoms with Crippen molar-refractivity contribution in [2.45, 2.75) is 39.9 Å². The van der Waals surface area contributed by atoms with Crippen molar-refractivity contribution >= 4 is 40.8 Å². The van der Waals surface area contributed by atoms with E-state index in [0.29, 0.717) is 34.6 Å². The quantitative estimate of drug-likeness (QED) is 0.401. The predicted molar refractivity (Wildman–Crippen MR) is 131 cm³/mol. The highest BCUT2D eigenvalue weighted by Crippen LogP contribution is 2.26. The molecule has 0 bridgehead atoms. The van der Waals surface area contributed by atoms with Crippen molar-refractivity contribution in [2.24, 2.45) is 0 Å². The van der Waals surface area contributed by atoms with E-state index in [4.69, 9.17) is 27.6 Å². The first kappa shape index (κ1) is 24.7. The minimum Gasteiger partial charge on any atom is -0.464 e. The molecule has 0 aliphatic carbocycles. The average molecular weight is 488 g/mol. The Kier molecular flexibility index (Phi) is 8.42. The van der Waals surface area contributed by atoms with Gasteiger partial charge in [-0.25, -0.2) is 4.79 Å². The zero-order chi connectivity index (χ0) is 24.0. The molecule has 0 unspecified atom stereocenters. The number of carbonyl (C=O) groups excluding carboxylic acids is 2. The summed E-state index contributed by atoms with van der Waals surface area (Å²) in [6.45, 7) is 6.18. The van der Waals surface area contributed by atoms with Crippen molar-refractivity contribution in [3.05, 3.63) is 87.8 Å². The Morgan fingerprint density at radius 2 is 1.73 bits per heavy atom. The van der Waals surface area contributed by atoms with Gasteiger partial charge in [-0.3, -0.25) is 4.79 Å². The molecule has 3 aromatic rings. The molecule has 2 aromatic carbocycles. The van der Waals surface area contributed by atoms with Gasteiger partial charge in [-0.2, -0.15) is 0 Å². The highest BCUT2D eigenvalue weighted by molar-refractivity contribution is 6.36. The van der Waals surface area contributed by atoms with Crippen LogP contribution >= 0.6 is 23.2 Å². The third-order valence-electron chi connectivity index (χ3n) is 5.07. The van der Waals surface area contributed by atoms with Crippen LogP contribution in [-0.2, 0) is 17.9 Å². The van der Waals surface area contributed by atoms with Crippen molar-refractivity contribution in [1.29, 1.82) is 0 Å². The molecule has 0 atom stereocenters. The van der Waals surface area contributed by atoms with Gasteiger partial charge in [-0.1, -0.05) is 53.5 Å². The lowest BCUT2D eigenvalue weighted by atomic mass is 10.2. The van der Waals surface area contributed by atoms with Crippen molar-refractivity contribution in [3.63, 3.8) is 0 Å². The fraction of sp³-hybridized carbons (Fsp3) is 0.280. The van der Waals surface area contributed by atoms with Crippen LogP contribution in [0, 0.1) is 6.92 Å². The molecule has 174 valence electrons. The Labute approximate surface area is 204 Å². The van der Waals surface area contributed by atoms with E-state index < -0.39 is 6.03 Å². The SMILES string of the molecule is Cc1ccc(CN(Cc2ccccc2)C(=O)CN(C(=O)Nc2ccc(Cl)cc2Cl)C(C)C)o1. The van der Waals surface area contributed by atoms with E-state index in [2.05, 4.69) is 5.32 Å². The molecular formula is C25H27Cl2N3O3. The summed E-state index contributed by atoms with van der Waals surface area (Å²) in [5, 5.41) is 3.57. The van der Waals surface area contributed by atoms with Crippen LogP contribution in [0.4, 0.5) is 10.5 Å². The number of halogens is 2. The smallest absolute Gasteiger partial charge is 0.322 e. The first-order valence-electron chi connectivity index (χ1n) is 10.6. The number of anilines is 1. The average Bonchev–Trinajstić information content (AvgIpc) is 3.18. The number of aryl methyl sites for hydroxylation is 1. The zero-order valence-electron chi connectivity index (χ0n) is 18.8. The summed E-state index contributed by atoms with van der Waals surface area (Å²) >= 11 is 12.1. The van der Waals surface area contributed by atoms with Crippen LogP contribution in [0.1, 0.15) is 30.9 Å². The Hall–Kier alpha value is -2.96. The Balaban J connectivity index is 1.76. The number of furan rings is 1. The molecule has 33 heavy (non-hydrogen) atoms. The minimum atomic E-state index is -0.420. The Bertz CT molecular complexity index is 1100. The van der Waals surface area contributed by atoms with Crippen LogP contribution in [0.15, 0.2) is 65.1 Å². The van der Waals surface area contributed by atoms with Gasteiger partial charge in [0, 0.05) is 17.6 Å². The van der Waals surface area contributed by atoms with E-state index in [1.54, 1.807) is 23.1 Å². The van der Waals surface area contributed by atoms with E-state index in [1.807, 2.05) is 63.2 Å². The normalized spacial score (nSPS) is 10.8. The molecule has 1 aromatic heterocycles. The topological polar surface area (TPSA) is 65.8 Å². The molecule has 8 heteroatoms. The van der Waals surface area contributed by atoms with Gasteiger partial charge in [0.1, 0.15) is 18.1 Å². The molecule has 0 saturated carbocycles. The number of benzene rings is 2. The highest BCUT2D eigenvalue weighted by Gasteiger charge is 2.25. The number of hydrogen-bond donors (Lipinski definition) is 1. The summed E-state index contributed by atoms with van der Waals surface area (Å²) in [6, 6.07) is 17.6. The summed E-state index contributed by atoms with van der Waals surface area (Å²) in [5.41, 5.74) is 1.42. The number of urea groups is 1. The lowest BCUT2D eigenvalue weighted by Crippen LogP contribution is -2.47. The second kappa shape index (κ2) is 11.3. The molecule has 3 amide bonds. The Morgan fingerprint density at radius 3 is 2.33 bits per heavy atom. The standard InChI is InChI=1S/C25H27Cl2N3O3/c1-17(2)30(25(32)28-23-12-10-20(26)13-22(23)27)16-24(31)29(14-19-7-5-4-6-8-19)15-21-11-9-18(3)33-21/h4-13,17H,14-16H2,1-3H3,(H,28,32). The van der Waals surface area contributed by atoms with Gasteiger partial charge >= 0.3 is 6.03 Å². The first-order chi connectivity index (χ1) is 15.7. The largest absolute Gasteiger partial charge is 0.464 e. The maximum Gasteiger partial charge on any atom is 0.322 e. The van der Waals surface area contributed by atoms with Gasteiger partial charge in [-0.15, -0.1) is 0 Å². The molecular weight excluding hydrogens is 461 g/mol. The Morgan fingerprint density at radius 1 is 1.00 bits per heavy atom. The molecule has 0 aliphatic heterocycles. The second-order valence-corrected chi connectivity index (χ2v) is 8.87. The summed E-state index contributed by atoms with van der Waals surface area (Å²) in [6.07, 6.45) is 0. The summed E-state index contributed by atoms with van der Waals surface area (Å²) in [7, 11) is 0. The fourth-order valence-electron chi connectivity index (χ4n) is 3.31. The highest BCUT2D eigenvalue weighted by atomic mass is 35.5. The van der Waals surface area contributed by atoms with E-state index >= 15 is 0 Å². The number of rotatable bonds is 8. The summed E-state index contributed by atoms with van der Waals surface area (Å²) in [5.74, 6) is 1.27. The molecule has 1 heterocycles. The molecule has 0 aliphatic rings. The maximum absolute atomic E-state index is 13.4. The fourth-order valence-corrected chi connectivity index (χ4v) is 3.76. The molecule has 0 fully saturated rings. The lowest BCUT2D eigenvalue weighted by Gasteiger charge is -2.30. The van der Waals surface area contributed by atoms with Crippen LogP contribution in [0.25, 0.3) is 0 Å². The van der Waals surface area contributed by atoms with E-state index in [1.165, 1.54) is 4.90 Å². The molecule has 6 nitrogen and oxygen atoms in total. The van der Waals surface area contributed by atoms with Crippen molar-refractivity contribution < 1.29 is 14.0 Å². The number of amides is 3. The summed E-state index contributed by atoms with van der Waals surface area (Å²) < 4.78 is 5.69. The van der Waals surface area contributed by atoms with Gasteiger partial charge in [0.2, 0.25) is 5.91 Å². The number of carbonyl (C=O) groups is 2. The van der Waals surface area contributed by atoms with Crippen molar-refractivity contribution in [1.82, 2.24) is 9.80 Å². The maximum atomic E-state index is 13.4. The molecule has 1 N–H and O–H groups in total. The lowest BCUT2D eigenvalue weighted by molar-refractivity contribution is -0.133. The number of hydrogen-bond acceptors (Lipinski definition) is 3. The number of nitrogens with one attached hydrogen (secondary N) is 1.